The largest absolute Gasteiger partial charge is 0.396 e. The van der Waals surface area contributed by atoms with E-state index in [1.165, 1.54) is 12.8 Å². The summed E-state index contributed by atoms with van der Waals surface area (Å²) in [6.45, 7) is 4.99. The van der Waals surface area contributed by atoms with Gasteiger partial charge in [0.1, 0.15) is 0 Å². The Balaban J connectivity index is 2.62. The highest BCUT2D eigenvalue weighted by Gasteiger charge is 2.13. The van der Waals surface area contributed by atoms with Crippen LogP contribution in [0.1, 0.15) is 49.9 Å². The molecule has 3 N–H and O–H groups in total. The van der Waals surface area contributed by atoms with Crippen LogP contribution in [-0.4, -0.2) is 12.5 Å². The molecule has 3 nitrogen and oxygen atoms in total. The van der Waals surface area contributed by atoms with Crippen LogP contribution in [0.15, 0.2) is 12.1 Å². The van der Waals surface area contributed by atoms with Gasteiger partial charge in [-0.25, -0.2) is 0 Å². The number of anilines is 1. The number of carbonyl (C=O) groups excluding carboxylic acids is 1. The summed E-state index contributed by atoms with van der Waals surface area (Å²) in [5.74, 6) is 0.349. The average molecular weight is 317 g/mol. The Morgan fingerprint density at radius 2 is 1.90 bits per heavy atom. The van der Waals surface area contributed by atoms with Gasteiger partial charge in [-0.15, -0.1) is 0 Å². The van der Waals surface area contributed by atoms with Gasteiger partial charge in [-0.05, 0) is 24.5 Å². The highest BCUT2D eigenvalue weighted by atomic mass is 35.5. The molecule has 1 aromatic carbocycles. The number of hydrogen-bond acceptors (Lipinski definition) is 2. The first-order valence-electron chi connectivity index (χ1n) is 7.02. The molecular formula is C15H22Cl2N2O. The van der Waals surface area contributed by atoms with Crippen molar-refractivity contribution in [3.63, 3.8) is 0 Å². The highest BCUT2D eigenvalue weighted by molar-refractivity contribution is 6.39. The van der Waals surface area contributed by atoms with E-state index in [1.54, 1.807) is 12.1 Å². The zero-order chi connectivity index (χ0) is 15.1. The van der Waals surface area contributed by atoms with Crippen molar-refractivity contribution in [2.24, 2.45) is 5.92 Å². The number of nitrogens with one attached hydrogen (secondary N) is 1. The molecule has 0 aliphatic heterocycles. The molecule has 1 amide bonds. The second kappa shape index (κ2) is 8.38. The number of carbonyl (C=O) groups is 1. The van der Waals surface area contributed by atoms with Crippen molar-refractivity contribution in [3.05, 3.63) is 27.7 Å². The lowest BCUT2D eigenvalue weighted by Crippen LogP contribution is -2.29. The molecule has 0 fully saturated rings. The van der Waals surface area contributed by atoms with Gasteiger partial charge in [0, 0.05) is 12.1 Å². The third-order valence-corrected chi connectivity index (χ3v) is 4.06. The van der Waals surface area contributed by atoms with Crippen molar-refractivity contribution >= 4 is 34.8 Å². The van der Waals surface area contributed by atoms with Crippen LogP contribution in [0.5, 0.6) is 0 Å². The van der Waals surface area contributed by atoms with Crippen molar-refractivity contribution < 1.29 is 4.79 Å². The Hall–Kier alpha value is -0.930. The molecular weight excluding hydrogens is 295 g/mol. The van der Waals surface area contributed by atoms with Crippen molar-refractivity contribution in [3.8, 4) is 0 Å². The number of nitrogens with two attached hydrogens (primary N) is 1. The summed E-state index contributed by atoms with van der Waals surface area (Å²) >= 11 is 11.9. The number of halogens is 2. The van der Waals surface area contributed by atoms with Gasteiger partial charge in [0.05, 0.1) is 15.7 Å². The minimum Gasteiger partial charge on any atom is -0.396 e. The van der Waals surface area contributed by atoms with Gasteiger partial charge in [0.15, 0.2) is 0 Å². The molecule has 0 heterocycles. The van der Waals surface area contributed by atoms with Crippen LogP contribution in [0, 0.1) is 5.92 Å². The summed E-state index contributed by atoms with van der Waals surface area (Å²) in [6.07, 6.45) is 4.56. The van der Waals surface area contributed by atoms with Crippen molar-refractivity contribution in [1.82, 2.24) is 5.32 Å². The first kappa shape index (κ1) is 17.1. The minimum atomic E-state index is -0.163. The quantitative estimate of drug-likeness (QED) is 0.726. The van der Waals surface area contributed by atoms with Crippen LogP contribution in [-0.2, 0) is 0 Å². The Morgan fingerprint density at radius 3 is 2.40 bits per heavy atom. The molecule has 0 aliphatic rings. The van der Waals surface area contributed by atoms with Gasteiger partial charge in [-0.1, -0.05) is 56.3 Å². The SMILES string of the molecule is CCCCC(CC)CNC(=O)c1cc(Cl)c(N)c(Cl)c1. The highest BCUT2D eigenvalue weighted by Crippen LogP contribution is 2.28. The smallest absolute Gasteiger partial charge is 0.251 e. The second-order valence-electron chi connectivity index (χ2n) is 4.98. The van der Waals surface area contributed by atoms with E-state index < -0.39 is 0 Å². The molecule has 0 saturated carbocycles. The maximum Gasteiger partial charge on any atom is 0.251 e. The summed E-state index contributed by atoms with van der Waals surface area (Å²) in [5.41, 5.74) is 6.40. The standard InChI is InChI=1S/C15H22Cl2N2O/c1-3-5-6-10(4-2)9-19-15(20)11-7-12(16)14(18)13(17)8-11/h7-8,10H,3-6,9,18H2,1-2H3,(H,19,20). The first-order chi connectivity index (χ1) is 9.49. The van der Waals surface area contributed by atoms with E-state index in [-0.39, 0.29) is 5.91 Å². The van der Waals surface area contributed by atoms with Gasteiger partial charge >= 0.3 is 0 Å². The molecule has 20 heavy (non-hydrogen) atoms. The van der Waals surface area contributed by atoms with E-state index >= 15 is 0 Å². The molecule has 1 rings (SSSR count). The lowest BCUT2D eigenvalue weighted by Gasteiger charge is -2.15. The minimum absolute atomic E-state index is 0.163. The molecule has 0 radical (unpaired) electrons. The fourth-order valence-corrected chi connectivity index (χ4v) is 2.48. The van der Waals surface area contributed by atoms with Crippen LogP contribution in [0.4, 0.5) is 5.69 Å². The van der Waals surface area contributed by atoms with E-state index in [0.717, 1.165) is 12.8 Å². The molecule has 5 heteroatoms. The third kappa shape index (κ3) is 4.88. The molecule has 0 aromatic heterocycles. The zero-order valence-corrected chi connectivity index (χ0v) is 13.5. The number of rotatable bonds is 7. The number of hydrogen-bond donors (Lipinski definition) is 2. The maximum atomic E-state index is 12.1. The maximum absolute atomic E-state index is 12.1. The van der Waals surface area contributed by atoms with E-state index in [1.807, 2.05) is 0 Å². The Labute approximate surface area is 130 Å². The van der Waals surface area contributed by atoms with Crippen molar-refractivity contribution in [2.45, 2.75) is 39.5 Å². The Morgan fingerprint density at radius 1 is 1.30 bits per heavy atom. The third-order valence-electron chi connectivity index (χ3n) is 3.44. The fraction of sp³-hybridized carbons (Fsp3) is 0.533. The van der Waals surface area contributed by atoms with Crippen LogP contribution < -0.4 is 11.1 Å². The zero-order valence-electron chi connectivity index (χ0n) is 12.0. The molecule has 0 aliphatic carbocycles. The number of benzene rings is 1. The summed E-state index contributed by atoms with van der Waals surface area (Å²) in [7, 11) is 0. The molecule has 0 bridgehead atoms. The van der Waals surface area contributed by atoms with Gasteiger partial charge in [0.25, 0.3) is 5.91 Å². The normalized spacial score (nSPS) is 12.2. The van der Waals surface area contributed by atoms with Crippen molar-refractivity contribution in [2.75, 3.05) is 12.3 Å². The monoisotopic (exact) mass is 316 g/mol. The predicted octanol–water partition coefficient (Wildman–Crippen LogP) is 4.52. The fourth-order valence-electron chi connectivity index (χ4n) is 2.00. The predicted molar refractivity (Wildman–Crippen MR) is 86.5 cm³/mol. The lowest BCUT2D eigenvalue weighted by molar-refractivity contribution is 0.0946. The average Bonchev–Trinajstić information content (AvgIpc) is 2.44. The number of amides is 1. The lowest BCUT2D eigenvalue weighted by atomic mass is 9.99. The summed E-state index contributed by atoms with van der Waals surface area (Å²) in [6, 6.07) is 3.09. The Bertz CT molecular complexity index is 440. The van der Waals surface area contributed by atoms with Gasteiger partial charge < -0.3 is 11.1 Å². The van der Waals surface area contributed by atoms with Crippen LogP contribution >= 0.6 is 23.2 Å². The number of nitrogen functional groups attached to an aromatic ring is 1. The van der Waals surface area contributed by atoms with Crippen LogP contribution in [0.3, 0.4) is 0 Å². The van der Waals surface area contributed by atoms with Gasteiger partial charge in [-0.2, -0.15) is 0 Å². The molecule has 112 valence electrons. The molecule has 1 atom stereocenters. The summed E-state index contributed by atoms with van der Waals surface area (Å²) in [5, 5.41) is 3.55. The topological polar surface area (TPSA) is 55.1 Å². The summed E-state index contributed by atoms with van der Waals surface area (Å²) < 4.78 is 0. The van der Waals surface area contributed by atoms with Crippen molar-refractivity contribution in [1.29, 1.82) is 0 Å². The number of unbranched alkanes of at least 4 members (excludes halogenated alkanes) is 1. The molecule has 1 unspecified atom stereocenters. The van der Waals surface area contributed by atoms with Crippen LogP contribution in [0.2, 0.25) is 10.0 Å². The summed E-state index contributed by atoms with van der Waals surface area (Å²) in [4.78, 5) is 12.1. The first-order valence-corrected chi connectivity index (χ1v) is 7.77. The molecule has 0 saturated heterocycles. The second-order valence-corrected chi connectivity index (χ2v) is 5.79. The van der Waals surface area contributed by atoms with E-state index in [9.17, 15) is 4.79 Å². The molecule has 0 spiro atoms. The van der Waals surface area contributed by atoms with E-state index in [4.69, 9.17) is 28.9 Å². The Kier molecular flexibility index (Phi) is 7.17. The van der Waals surface area contributed by atoms with Gasteiger partial charge in [0.2, 0.25) is 0 Å². The van der Waals surface area contributed by atoms with Crippen LogP contribution in [0.25, 0.3) is 0 Å². The molecule has 1 aromatic rings. The van der Waals surface area contributed by atoms with Gasteiger partial charge in [-0.3, -0.25) is 4.79 Å². The van der Waals surface area contributed by atoms with E-state index in [2.05, 4.69) is 19.2 Å². The van der Waals surface area contributed by atoms with E-state index in [0.29, 0.717) is 33.8 Å².